The number of rotatable bonds is 5. The monoisotopic (exact) mass is 292 g/mol. The first-order chi connectivity index (χ1) is 9.98. The maximum atomic E-state index is 12.1. The highest BCUT2D eigenvalue weighted by Crippen LogP contribution is 2.19. The zero-order valence-electron chi connectivity index (χ0n) is 12.8. The summed E-state index contributed by atoms with van der Waals surface area (Å²) in [7, 11) is 4.02. The van der Waals surface area contributed by atoms with Gasteiger partial charge in [0, 0.05) is 44.7 Å². The van der Waals surface area contributed by atoms with E-state index in [1.807, 2.05) is 38.4 Å². The molecule has 0 unspecified atom stereocenters. The first-order valence-corrected chi connectivity index (χ1v) is 7.30. The van der Waals surface area contributed by atoms with Crippen molar-refractivity contribution in [1.82, 2.24) is 10.2 Å². The van der Waals surface area contributed by atoms with Crippen molar-refractivity contribution in [1.29, 1.82) is 0 Å². The lowest BCUT2D eigenvalue weighted by Gasteiger charge is -2.32. The molecule has 0 radical (unpaired) electrons. The highest BCUT2D eigenvalue weighted by molar-refractivity contribution is 5.94. The van der Waals surface area contributed by atoms with E-state index in [4.69, 9.17) is 4.74 Å². The van der Waals surface area contributed by atoms with E-state index in [1.54, 1.807) is 0 Å². The van der Waals surface area contributed by atoms with Crippen molar-refractivity contribution in [3.05, 3.63) is 35.4 Å². The molecular formula is C16H24N2O3. The van der Waals surface area contributed by atoms with Gasteiger partial charge in [-0.2, -0.15) is 0 Å². The van der Waals surface area contributed by atoms with E-state index in [0.717, 1.165) is 6.54 Å². The SMILES string of the molecule is CN(C)Cc1ccc(C(=O)NCC2(O)CCOCC2)cc1. The molecule has 1 saturated heterocycles. The lowest BCUT2D eigenvalue weighted by molar-refractivity contribution is -0.0605. The number of amides is 1. The highest BCUT2D eigenvalue weighted by atomic mass is 16.5. The molecule has 0 aliphatic carbocycles. The second-order valence-corrected chi connectivity index (χ2v) is 5.95. The van der Waals surface area contributed by atoms with Crippen LogP contribution in [0, 0.1) is 0 Å². The van der Waals surface area contributed by atoms with E-state index in [-0.39, 0.29) is 12.5 Å². The van der Waals surface area contributed by atoms with Crippen LogP contribution in [0.25, 0.3) is 0 Å². The number of hydrogen-bond acceptors (Lipinski definition) is 4. The van der Waals surface area contributed by atoms with Gasteiger partial charge in [0.25, 0.3) is 5.91 Å². The van der Waals surface area contributed by atoms with Gasteiger partial charge < -0.3 is 20.1 Å². The summed E-state index contributed by atoms with van der Waals surface area (Å²) in [6, 6.07) is 7.56. The molecule has 1 amide bonds. The third kappa shape index (κ3) is 4.81. The van der Waals surface area contributed by atoms with Crippen molar-refractivity contribution in [3.8, 4) is 0 Å². The second-order valence-electron chi connectivity index (χ2n) is 5.95. The Hall–Kier alpha value is -1.43. The second kappa shape index (κ2) is 7.02. The van der Waals surface area contributed by atoms with E-state index in [9.17, 15) is 9.90 Å². The smallest absolute Gasteiger partial charge is 0.251 e. The Morgan fingerprint density at radius 2 is 1.90 bits per heavy atom. The highest BCUT2D eigenvalue weighted by Gasteiger charge is 2.30. The quantitative estimate of drug-likeness (QED) is 0.850. The maximum absolute atomic E-state index is 12.1. The summed E-state index contributed by atoms with van der Waals surface area (Å²) in [5.41, 5.74) is 0.950. The van der Waals surface area contributed by atoms with Crippen LogP contribution >= 0.6 is 0 Å². The molecule has 1 aromatic carbocycles. The number of hydrogen-bond donors (Lipinski definition) is 2. The van der Waals surface area contributed by atoms with Crippen molar-refractivity contribution < 1.29 is 14.6 Å². The van der Waals surface area contributed by atoms with Gasteiger partial charge in [-0.25, -0.2) is 0 Å². The molecule has 5 nitrogen and oxygen atoms in total. The number of aliphatic hydroxyl groups is 1. The molecular weight excluding hydrogens is 268 g/mol. The molecule has 1 aromatic rings. The van der Waals surface area contributed by atoms with E-state index >= 15 is 0 Å². The largest absolute Gasteiger partial charge is 0.388 e. The summed E-state index contributed by atoms with van der Waals surface area (Å²) in [6.07, 6.45) is 1.13. The fraction of sp³-hybridized carbons (Fsp3) is 0.562. The lowest BCUT2D eigenvalue weighted by Crippen LogP contribution is -2.46. The van der Waals surface area contributed by atoms with Crippen LogP contribution in [0.2, 0.25) is 0 Å². The molecule has 0 spiro atoms. The summed E-state index contributed by atoms with van der Waals surface area (Å²) in [5.74, 6) is -0.147. The molecule has 2 rings (SSSR count). The van der Waals surface area contributed by atoms with E-state index in [2.05, 4.69) is 10.2 Å². The molecule has 0 atom stereocenters. The maximum Gasteiger partial charge on any atom is 0.251 e. The van der Waals surface area contributed by atoms with E-state index in [1.165, 1.54) is 5.56 Å². The number of benzene rings is 1. The lowest BCUT2D eigenvalue weighted by atomic mass is 9.94. The van der Waals surface area contributed by atoms with Crippen molar-refractivity contribution in [2.45, 2.75) is 25.0 Å². The molecule has 0 aromatic heterocycles. The van der Waals surface area contributed by atoms with Crippen molar-refractivity contribution in [2.24, 2.45) is 0 Å². The van der Waals surface area contributed by atoms with Crippen LogP contribution in [0.4, 0.5) is 0 Å². The minimum Gasteiger partial charge on any atom is -0.388 e. The molecule has 21 heavy (non-hydrogen) atoms. The van der Waals surface area contributed by atoms with Gasteiger partial charge in [-0.15, -0.1) is 0 Å². The summed E-state index contributed by atoms with van der Waals surface area (Å²) >= 11 is 0. The summed E-state index contributed by atoms with van der Waals surface area (Å²) in [5, 5.41) is 13.1. The van der Waals surface area contributed by atoms with Crippen molar-refractivity contribution in [2.75, 3.05) is 33.9 Å². The van der Waals surface area contributed by atoms with Crippen LogP contribution in [0.15, 0.2) is 24.3 Å². The Kier molecular flexibility index (Phi) is 5.33. The van der Waals surface area contributed by atoms with Crippen LogP contribution in [0.3, 0.4) is 0 Å². The first kappa shape index (κ1) is 15.9. The molecule has 5 heteroatoms. The van der Waals surface area contributed by atoms with Crippen LogP contribution in [0.1, 0.15) is 28.8 Å². The third-order valence-corrected chi connectivity index (χ3v) is 3.72. The topological polar surface area (TPSA) is 61.8 Å². The fourth-order valence-electron chi connectivity index (χ4n) is 2.40. The number of carbonyl (C=O) groups is 1. The Morgan fingerprint density at radius 3 is 2.48 bits per heavy atom. The molecule has 0 bridgehead atoms. The average Bonchev–Trinajstić information content (AvgIpc) is 2.46. The molecule has 116 valence electrons. The van der Waals surface area contributed by atoms with E-state index in [0.29, 0.717) is 31.6 Å². The van der Waals surface area contributed by atoms with Crippen molar-refractivity contribution >= 4 is 5.91 Å². The zero-order chi connectivity index (χ0) is 15.3. The molecule has 1 aliphatic rings. The van der Waals surface area contributed by atoms with Gasteiger partial charge in [-0.3, -0.25) is 4.79 Å². The number of ether oxygens (including phenoxy) is 1. The van der Waals surface area contributed by atoms with E-state index < -0.39 is 5.60 Å². The van der Waals surface area contributed by atoms with Gasteiger partial charge in [0.1, 0.15) is 0 Å². The number of nitrogens with one attached hydrogen (secondary N) is 1. The molecule has 0 saturated carbocycles. The van der Waals surface area contributed by atoms with Gasteiger partial charge in [0.2, 0.25) is 0 Å². The van der Waals surface area contributed by atoms with Gasteiger partial charge >= 0.3 is 0 Å². The number of carbonyl (C=O) groups excluding carboxylic acids is 1. The van der Waals surface area contributed by atoms with Gasteiger partial charge in [0.15, 0.2) is 0 Å². The minimum absolute atomic E-state index is 0.147. The van der Waals surface area contributed by atoms with Gasteiger partial charge in [0.05, 0.1) is 5.60 Å². The predicted molar refractivity (Wildman–Crippen MR) is 81.2 cm³/mol. The van der Waals surface area contributed by atoms with Gasteiger partial charge in [-0.05, 0) is 31.8 Å². The van der Waals surface area contributed by atoms with Crippen LogP contribution in [0.5, 0.6) is 0 Å². The molecule has 1 heterocycles. The zero-order valence-corrected chi connectivity index (χ0v) is 12.8. The van der Waals surface area contributed by atoms with Crippen molar-refractivity contribution in [3.63, 3.8) is 0 Å². The Balaban J connectivity index is 1.88. The summed E-state index contributed by atoms with van der Waals surface area (Å²) in [4.78, 5) is 14.2. The third-order valence-electron chi connectivity index (χ3n) is 3.72. The van der Waals surface area contributed by atoms with Crippen LogP contribution in [-0.4, -0.2) is 55.4 Å². The van der Waals surface area contributed by atoms with Crippen LogP contribution < -0.4 is 5.32 Å². The fourth-order valence-corrected chi connectivity index (χ4v) is 2.40. The predicted octanol–water partition coefficient (Wildman–Crippen LogP) is 1.02. The number of nitrogens with zero attached hydrogens (tertiary/aromatic N) is 1. The summed E-state index contributed by atoms with van der Waals surface area (Å²) in [6.45, 7) is 2.22. The summed E-state index contributed by atoms with van der Waals surface area (Å²) < 4.78 is 5.22. The standard InChI is InChI=1S/C16H24N2O3/c1-18(2)11-13-3-5-14(6-4-13)15(19)17-12-16(20)7-9-21-10-8-16/h3-6,20H,7-12H2,1-2H3,(H,17,19). The normalized spacial score (nSPS) is 17.7. The molecule has 2 N–H and O–H groups in total. The first-order valence-electron chi connectivity index (χ1n) is 7.30. The Bertz CT molecular complexity index is 465. The van der Waals surface area contributed by atoms with Crippen LogP contribution in [-0.2, 0) is 11.3 Å². The minimum atomic E-state index is -0.835. The Morgan fingerprint density at radius 1 is 1.29 bits per heavy atom. The molecule has 1 fully saturated rings. The Labute approximate surface area is 125 Å². The average molecular weight is 292 g/mol. The van der Waals surface area contributed by atoms with Gasteiger partial charge in [-0.1, -0.05) is 12.1 Å². The molecule has 1 aliphatic heterocycles.